The first kappa shape index (κ1) is 45.6. The number of carbonyl (C=O) groups excluding carboxylic acids is 2. The van der Waals surface area contributed by atoms with Gasteiger partial charge < -0.3 is 10.1 Å². The lowest BCUT2D eigenvalue weighted by Crippen LogP contribution is -2.44. The van der Waals surface area contributed by atoms with E-state index in [9.17, 15) is 26.4 Å². The number of ether oxygens (including phenoxy) is 1. The van der Waals surface area contributed by atoms with Gasteiger partial charge in [-0.3, -0.25) is 13.6 Å². The fourth-order valence-corrected chi connectivity index (χ4v) is 9.55. The highest BCUT2D eigenvalue weighted by Crippen LogP contribution is 2.40. The number of para-hydroxylation sites is 1. The third-order valence-electron chi connectivity index (χ3n) is 11.2. The monoisotopic (exact) mass is 849 g/mol. The van der Waals surface area contributed by atoms with Crippen molar-refractivity contribution in [1.29, 1.82) is 0 Å². The molecule has 2 unspecified atom stereocenters. The van der Waals surface area contributed by atoms with Crippen molar-refractivity contribution < 1.29 is 31.2 Å². The summed E-state index contributed by atoms with van der Waals surface area (Å²) in [6.07, 6.45) is 15.3. The van der Waals surface area contributed by atoms with Crippen LogP contribution in [0.15, 0.2) is 75.5 Å². The molecule has 2 aliphatic rings. The Morgan fingerprint density at radius 1 is 0.881 bits per heavy atom. The Kier molecular flexibility index (Phi) is 15.6. The number of hydrogen-bond acceptors (Lipinski definition) is 9. The van der Waals surface area contributed by atoms with Gasteiger partial charge in [-0.2, -0.15) is 4.72 Å². The number of fused-ring (bicyclic) bond motifs is 1. The molecule has 0 saturated carbocycles. The number of nitrogens with one attached hydrogen (secondary N) is 2. The molecule has 0 radical (unpaired) electrons. The SMILES string of the molecule is CCCCCCCCCCCCCCOC(=O)c1ccc(C)c(NC(=O)C(=Nc2ccc([N+]3(CC)CC3NS(C)(=O)=O)cc2C)C2=Nc3ccccc3S(=O)(=O)N2C)c1. The van der Waals surface area contributed by atoms with Crippen molar-refractivity contribution in [2.75, 3.05) is 38.3 Å². The van der Waals surface area contributed by atoms with Crippen LogP contribution in [0.5, 0.6) is 0 Å². The molecule has 13 nitrogen and oxygen atoms in total. The summed E-state index contributed by atoms with van der Waals surface area (Å²) in [6.45, 7) is 9.36. The molecule has 0 spiro atoms. The average molecular weight is 850 g/mol. The minimum Gasteiger partial charge on any atom is -0.462 e. The quantitative estimate of drug-likeness (QED) is 0.0337. The first-order valence-electron chi connectivity index (χ1n) is 20.9. The number of hydrogen-bond donors (Lipinski definition) is 2. The van der Waals surface area contributed by atoms with Crippen molar-refractivity contribution in [1.82, 2.24) is 13.5 Å². The van der Waals surface area contributed by atoms with Crippen LogP contribution in [0, 0.1) is 13.8 Å². The van der Waals surface area contributed by atoms with Crippen molar-refractivity contribution in [3.8, 4) is 0 Å². The lowest BCUT2D eigenvalue weighted by Gasteiger charge is -2.27. The number of anilines is 1. The van der Waals surface area contributed by atoms with Crippen LogP contribution in [0.25, 0.3) is 0 Å². The van der Waals surface area contributed by atoms with E-state index in [1.807, 2.05) is 26.0 Å². The number of unbranched alkanes of at least 4 members (excludes halogenated alkanes) is 11. The highest BCUT2D eigenvalue weighted by Gasteiger charge is 2.57. The second kappa shape index (κ2) is 20.2. The van der Waals surface area contributed by atoms with Crippen molar-refractivity contribution in [3.05, 3.63) is 77.4 Å². The number of esters is 1. The molecule has 3 aromatic carbocycles. The maximum atomic E-state index is 14.4. The zero-order valence-electron chi connectivity index (χ0n) is 35.4. The van der Waals surface area contributed by atoms with Crippen molar-refractivity contribution in [2.24, 2.45) is 9.98 Å². The van der Waals surface area contributed by atoms with Crippen molar-refractivity contribution in [3.63, 3.8) is 0 Å². The van der Waals surface area contributed by atoms with Gasteiger partial charge in [0.15, 0.2) is 18.1 Å². The van der Waals surface area contributed by atoms with Crippen LogP contribution in [0.2, 0.25) is 0 Å². The van der Waals surface area contributed by atoms with E-state index in [2.05, 4.69) is 22.0 Å². The number of amides is 1. The molecule has 1 saturated heterocycles. The number of quaternary nitrogens is 1. The molecule has 1 fully saturated rings. The van der Waals surface area contributed by atoms with E-state index in [1.54, 1.807) is 49.4 Å². The largest absolute Gasteiger partial charge is 0.462 e. The first-order chi connectivity index (χ1) is 28.1. The van der Waals surface area contributed by atoms with Crippen molar-refractivity contribution in [2.45, 2.75) is 116 Å². The van der Waals surface area contributed by atoms with Gasteiger partial charge in [0, 0.05) is 24.9 Å². The van der Waals surface area contributed by atoms with E-state index >= 15 is 0 Å². The second-order valence-corrected chi connectivity index (χ2v) is 19.5. The molecule has 3 aromatic rings. The Morgan fingerprint density at radius 3 is 2.15 bits per heavy atom. The summed E-state index contributed by atoms with van der Waals surface area (Å²) in [5.41, 5.74) is 3.12. The van der Waals surface area contributed by atoms with E-state index in [0.29, 0.717) is 46.7 Å². The molecule has 2 N–H and O–H groups in total. The Hall–Kier alpha value is -4.44. The summed E-state index contributed by atoms with van der Waals surface area (Å²) >= 11 is 0. The molecule has 320 valence electrons. The molecule has 0 bridgehead atoms. The number of carbonyl (C=O) groups is 2. The van der Waals surface area contributed by atoms with E-state index in [1.165, 1.54) is 70.9 Å². The smallest absolute Gasteiger partial charge is 0.338 e. The number of nitrogens with zero attached hydrogens (tertiary/aromatic N) is 4. The van der Waals surface area contributed by atoms with Gasteiger partial charge in [0.1, 0.15) is 10.6 Å². The van der Waals surface area contributed by atoms with Gasteiger partial charge >= 0.3 is 5.97 Å². The van der Waals surface area contributed by atoms with Gasteiger partial charge in [-0.05, 0) is 68.7 Å². The van der Waals surface area contributed by atoms with Gasteiger partial charge in [0.2, 0.25) is 16.2 Å². The van der Waals surface area contributed by atoms with E-state index in [0.717, 1.165) is 35.5 Å². The van der Waals surface area contributed by atoms with Crippen LogP contribution < -0.4 is 14.5 Å². The number of aliphatic imine (C=N–C) groups is 2. The number of amidine groups is 1. The standard InChI is InChI=1S/C44H60N6O7S2/c1-7-9-10-11-12-13-14-15-16-17-18-21-28-57-44(52)34-25-24-32(3)38(30-34)47-43(51)41(42-46-37-22-19-20-23-39(37)59(55,56)49(42)5)45-36-27-26-35(29-33(36)4)50(8-2)31-40(50)48-58(6,53)54/h19-20,22-27,29-30,40,48H,7-18,21,28,31H2,1-6H3/p+1. The molecule has 5 rings (SSSR count). The van der Waals surface area contributed by atoms with Crippen LogP contribution >= 0.6 is 0 Å². The van der Waals surface area contributed by atoms with E-state index < -0.39 is 31.9 Å². The number of likely N-dealkylation sites (N-methyl/N-ethyl adjacent to an activating group) is 1. The number of sulfonamides is 2. The summed E-state index contributed by atoms with van der Waals surface area (Å²) in [5, 5.41) is 2.87. The van der Waals surface area contributed by atoms with Gasteiger partial charge in [-0.25, -0.2) is 31.6 Å². The predicted octanol–water partition coefficient (Wildman–Crippen LogP) is 8.45. The third-order valence-corrected chi connectivity index (χ3v) is 13.7. The second-order valence-electron chi connectivity index (χ2n) is 15.8. The normalized spacial score (nSPS) is 18.5. The number of rotatable bonds is 22. The molecule has 0 aromatic heterocycles. The molecule has 2 aliphatic heterocycles. The molecule has 0 aliphatic carbocycles. The Bertz CT molecular complexity index is 2280. The predicted molar refractivity (Wildman–Crippen MR) is 237 cm³/mol. The van der Waals surface area contributed by atoms with Crippen LogP contribution in [0.1, 0.15) is 112 Å². The molecule has 15 heteroatoms. The Morgan fingerprint density at radius 2 is 1.53 bits per heavy atom. The lowest BCUT2D eigenvalue weighted by atomic mass is 10.1. The number of benzene rings is 3. The van der Waals surface area contributed by atoms with Crippen molar-refractivity contribution >= 4 is 66.2 Å². The first-order valence-corrected chi connectivity index (χ1v) is 24.2. The maximum absolute atomic E-state index is 14.4. The highest BCUT2D eigenvalue weighted by atomic mass is 32.2. The van der Waals surface area contributed by atoms with E-state index in [-0.39, 0.29) is 33.9 Å². The molecule has 2 heterocycles. The highest BCUT2D eigenvalue weighted by molar-refractivity contribution is 7.90. The van der Waals surface area contributed by atoms with Gasteiger partial charge in [-0.15, -0.1) is 0 Å². The molecule has 2 atom stereocenters. The van der Waals surface area contributed by atoms with Crippen LogP contribution in [0.4, 0.5) is 22.7 Å². The topological polar surface area (TPSA) is 164 Å². The van der Waals surface area contributed by atoms with Gasteiger partial charge in [0.25, 0.3) is 15.9 Å². The molecular formula is C44H61N6O7S2+. The lowest BCUT2D eigenvalue weighted by molar-refractivity contribution is -0.110. The van der Waals surface area contributed by atoms with Gasteiger partial charge in [-0.1, -0.05) is 95.8 Å². The maximum Gasteiger partial charge on any atom is 0.338 e. The average Bonchev–Trinajstić information content (AvgIpc) is 3.90. The summed E-state index contributed by atoms with van der Waals surface area (Å²) in [4.78, 5) is 36.9. The summed E-state index contributed by atoms with van der Waals surface area (Å²) in [5.74, 6) is -1.42. The zero-order valence-corrected chi connectivity index (χ0v) is 37.1. The van der Waals surface area contributed by atoms with Crippen LogP contribution in [0.3, 0.4) is 0 Å². The molecular weight excluding hydrogens is 789 g/mol. The molecule has 59 heavy (non-hydrogen) atoms. The summed E-state index contributed by atoms with van der Waals surface area (Å²) < 4.78 is 61.1. The Balaban J connectivity index is 1.32. The number of aryl methyl sites for hydroxylation is 2. The minimum absolute atomic E-state index is 0.00131. The fourth-order valence-electron chi connectivity index (χ4n) is 7.50. The van der Waals surface area contributed by atoms with Crippen LogP contribution in [-0.4, -0.2) is 83.7 Å². The fraction of sp³-hybridized carbons (Fsp3) is 0.500. The molecule has 1 amide bonds. The van der Waals surface area contributed by atoms with Gasteiger partial charge in [0.05, 0.1) is 36.3 Å². The Labute approximate surface area is 351 Å². The zero-order chi connectivity index (χ0) is 42.8. The van der Waals surface area contributed by atoms with Crippen LogP contribution in [-0.2, 0) is 29.6 Å². The minimum atomic E-state index is -4.09. The third kappa shape index (κ3) is 11.6. The summed E-state index contributed by atoms with van der Waals surface area (Å²) in [7, 11) is -6.19. The summed E-state index contributed by atoms with van der Waals surface area (Å²) in [6, 6.07) is 16.7. The van der Waals surface area contributed by atoms with E-state index in [4.69, 9.17) is 9.73 Å².